The SMILES string of the molecule is O=C(NCCc1ccc(Cl)cc1Cl)c1ccc(CSc2nc(Cl)cc(N3CCC4(CC3)OCCO4)n2)cc1. The van der Waals surface area contributed by atoms with Crippen LogP contribution in [0.4, 0.5) is 5.82 Å². The summed E-state index contributed by atoms with van der Waals surface area (Å²) >= 11 is 20.0. The van der Waals surface area contributed by atoms with E-state index in [1.165, 1.54) is 11.8 Å². The van der Waals surface area contributed by atoms with Crippen LogP contribution in [-0.2, 0) is 21.6 Å². The van der Waals surface area contributed by atoms with Gasteiger partial charge in [-0.2, -0.15) is 0 Å². The third kappa shape index (κ3) is 6.92. The van der Waals surface area contributed by atoms with Crippen LogP contribution in [0.15, 0.2) is 53.7 Å². The van der Waals surface area contributed by atoms with Crippen molar-refractivity contribution in [2.75, 3.05) is 37.7 Å². The molecule has 3 aromatic rings. The summed E-state index contributed by atoms with van der Waals surface area (Å²) in [6, 6.07) is 14.7. The predicted octanol–water partition coefficient (Wildman–Crippen LogP) is 6.04. The second-order valence-corrected chi connectivity index (χ2v) is 11.3. The van der Waals surface area contributed by atoms with E-state index in [0.29, 0.717) is 57.9 Å². The van der Waals surface area contributed by atoms with Crippen molar-refractivity contribution in [3.63, 3.8) is 0 Å². The zero-order valence-corrected chi connectivity index (χ0v) is 23.7. The van der Waals surface area contributed by atoms with Gasteiger partial charge in [0, 0.05) is 59.9 Å². The van der Waals surface area contributed by atoms with E-state index in [-0.39, 0.29) is 5.91 Å². The Labute approximate surface area is 241 Å². The monoisotopic (exact) mass is 592 g/mol. The van der Waals surface area contributed by atoms with Crippen LogP contribution in [0, 0.1) is 0 Å². The van der Waals surface area contributed by atoms with Gasteiger partial charge in [0.05, 0.1) is 13.2 Å². The molecule has 2 fully saturated rings. The Bertz CT molecular complexity index is 1280. The lowest BCUT2D eigenvalue weighted by molar-refractivity contribution is -0.169. The Morgan fingerprint density at radius 2 is 1.74 bits per heavy atom. The Hall–Kier alpha value is -2.07. The van der Waals surface area contributed by atoms with Gasteiger partial charge in [-0.1, -0.05) is 64.8 Å². The fourth-order valence-electron chi connectivity index (χ4n) is 4.51. The van der Waals surface area contributed by atoms with Crippen LogP contribution in [-0.4, -0.2) is 54.5 Å². The van der Waals surface area contributed by atoms with E-state index in [0.717, 1.165) is 42.9 Å². The molecule has 2 aliphatic heterocycles. The second kappa shape index (κ2) is 12.4. The predicted molar refractivity (Wildman–Crippen MR) is 152 cm³/mol. The molecule has 7 nitrogen and oxygen atoms in total. The van der Waals surface area contributed by atoms with Crippen LogP contribution < -0.4 is 10.2 Å². The summed E-state index contributed by atoms with van der Waals surface area (Å²) in [6.45, 7) is 3.36. The number of hydrogen-bond donors (Lipinski definition) is 1. The smallest absolute Gasteiger partial charge is 0.251 e. The molecule has 0 atom stereocenters. The first-order valence-electron chi connectivity index (χ1n) is 12.4. The van der Waals surface area contributed by atoms with E-state index in [2.05, 4.69) is 15.2 Å². The number of nitrogens with one attached hydrogen (secondary N) is 1. The number of hydrogen-bond acceptors (Lipinski definition) is 7. The normalized spacial score (nSPS) is 16.7. The number of carbonyl (C=O) groups excluding carboxylic acids is 1. The molecule has 3 heterocycles. The Kier molecular flexibility index (Phi) is 8.98. The van der Waals surface area contributed by atoms with Gasteiger partial charge in [0.1, 0.15) is 11.0 Å². The first-order chi connectivity index (χ1) is 18.4. The zero-order valence-electron chi connectivity index (χ0n) is 20.6. The van der Waals surface area contributed by atoms with Gasteiger partial charge >= 0.3 is 0 Å². The van der Waals surface area contributed by atoms with Gasteiger partial charge in [-0.15, -0.1) is 0 Å². The summed E-state index contributed by atoms with van der Waals surface area (Å²) in [6.07, 6.45) is 2.22. The number of rotatable bonds is 8. The van der Waals surface area contributed by atoms with Crippen molar-refractivity contribution in [1.82, 2.24) is 15.3 Å². The number of ether oxygens (including phenoxy) is 2. The summed E-state index contributed by atoms with van der Waals surface area (Å²) in [4.78, 5) is 23.9. The van der Waals surface area contributed by atoms with Gasteiger partial charge in [0.15, 0.2) is 10.9 Å². The van der Waals surface area contributed by atoms with E-state index >= 15 is 0 Å². The molecule has 0 aliphatic carbocycles. The largest absolute Gasteiger partial charge is 0.356 e. The summed E-state index contributed by atoms with van der Waals surface area (Å²) in [7, 11) is 0. The average Bonchev–Trinajstić information content (AvgIpc) is 3.37. The first kappa shape index (κ1) is 27.5. The van der Waals surface area contributed by atoms with Crippen LogP contribution in [0.1, 0.15) is 34.3 Å². The molecule has 1 amide bonds. The van der Waals surface area contributed by atoms with Crippen molar-refractivity contribution in [2.45, 2.75) is 36.0 Å². The fraction of sp³-hybridized carbons (Fsp3) is 0.370. The molecule has 1 aromatic heterocycles. The van der Waals surface area contributed by atoms with Gasteiger partial charge in [0.25, 0.3) is 5.91 Å². The first-order valence-corrected chi connectivity index (χ1v) is 14.5. The molecule has 2 aliphatic rings. The van der Waals surface area contributed by atoms with E-state index in [1.54, 1.807) is 18.2 Å². The molecule has 2 aromatic carbocycles. The summed E-state index contributed by atoms with van der Waals surface area (Å²) < 4.78 is 11.6. The van der Waals surface area contributed by atoms with Gasteiger partial charge in [0.2, 0.25) is 0 Å². The highest BCUT2D eigenvalue weighted by molar-refractivity contribution is 7.98. The molecule has 1 N–H and O–H groups in total. The molecule has 2 saturated heterocycles. The highest BCUT2D eigenvalue weighted by Crippen LogP contribution is 2.34. The maximum atomic E-state index is 12.5. The number of nitrogens with zero attached hydrogens (tertiary/aromatic N) is 3. The highest BCUT2D eigenvalue weighted by atomic mass is 35.5. The number of halogens is 3. The molecule has 11 heteroatoms. The fourth-order valence-corrected chi connectivity index (χ4v) is 6.05. The Balaban J connectivity index is 1.12. The van der Waals surface area contributed by atoms with Gasteiger partial charge < -0.3 is 19.7 Å². The Morgan fingerprint density at radius 1 is 1.00 bits per heavy atom. The van der Waals surface area contributed by atoms with Crippen molar-refractivity contribution >= 4 is 58.3 Å². The average molecular weight is 594 g/mol. The second-order valence-electron chi connectivity index (χ2n) is 9.15. The van der Waals surface area contributed by atoms with Crippen molar-refractivity contribution in [2.24, 2.45) is 0 Å². The van der Waals surface area contributed by atoms with Crippen molar-refractivity contribution < 1.29 is 14.3 Å². The van der Waals surface area contributed by atoms with Crippen LogP contribution in [0.2, 0.25) is 15.2 Å². The van der Waals surface area contributed by atoms with Gasteiger partial charge in [-0.3, -0.25) is 4.79 Å². The third-order valence-electron chi connectivity index (χ3n) is 6.60. The van der Waals surface area contributed by atoms with Crippen molar-refractivity contribution in [3.8, 4) is 0 Å². The molecule has 5 rings (SSSR count). The van der Waals surface area contributed by atoms with E-state index < -0.39 is 5.79 Å². The maximum absolute atomic E-state index is 12.5. The van der Waals surface area contributed by atoms with Crippen molar-refractivity contribution in [3.05, 3.63) is 80.4 Å². The molecule has 0 saturated carbocycles. The topological polar surface area (TPSA) is 76.6 Å². The molecular weight excluding hydrogens is 567 g/mol. The number of thioether (sulfide) groups is 1. The lowest BCUT2D eigenvalue weighted by Crippen LogP contribution is -2.45. The van der Waals surface area contributed by atoms with E-state index in [1.807, 2.05) is 30.3 Å². The number of piperidine rings is 1. The van der Waals surface area contributed by atoms with Gasteiger partial charge in [-0.05, 0) is 41.8 Å². The summed E-state index contributed by atoms with van der Waals surface area (Å²) in [5, 5.41) is 5.16. The highest BCUT2D eigenvalue weighted by Gasteiger charge is 2.40. The van der Waals surface area contributed by atoms with Crippen LogP contribution >= 0.6 is 46.6 Å². The summed E-state index contributed by atoms with van der Waals surface area (Å²) in [5.41, 5.74) is 2.59. The standard InChI is InChI=1S/C27H27Cl3N4O3S/c28-21-6-5-19(22(29)15-21)7-10-31-25(35)20-3-1-18(2-4-20)17-38-26-32-23(30)16-24(33-26)34-11-8-27(9-12-34)36-13-14-37-27/h1-6,15-16H,7-14,17H2,(H,31,35). The number of carbonyl (C=O) groups is 1. The van der Waals surface area contributed by atoms with Crippen LogP contribution in [0.3, 0.4) is 0 Å². The third-order valence-corrected chi connectivity index (χ3v) is 8.30. The van der Waals surface area contributed by atoms with Crippen LogP contribution in [0.25, 0.3) is 0 Å². The molecule has 0 radical (unpaired) electrons. The lowest BCUT2D eigenvalue weighted by atomic mass is 10.0. The minimum absolute atomic E-state index is 0.131. The molecule has 38 heavy (non-hydrogen) atoms. The number of amides is 1. The molecule has 0 unspecified atom stereocenters. The lowest BCUT2D eigenvalue weighted by Gasteiger charge is -2.38. The maximum Gasteiger partial charge on any atom is 0.251 e. The number of anilines is 1. The molecule has 1 spiro atoms. The molecular formula is C27H27Cl3N4O3S. The minimum atomic E-state index is -0.432. The summed E-state index contributed by atoms with van der Waals surface area (Å²) in [5.74, 6) is 0.904. The minimum Gasteiger partial charge on any atom is -0.356 e. The van der Waals surface area contributed by atoms with Crippen molar-refractivity contribution in [1.29, 1.82) is 0 Å². The van der Waals surface area contributed by atoms with Gasteiger partial charge in [-0.25, -0.2) is 9.97 Å². The molecule has 200 valence electrons. The number of aromatic nitrogens is 2. The van der Waals surface area contributed by atoms with E-state index in [9.17, 15) is 4.79 Å². The van der Waals surface area contributed by atoms with Crippen LogP contribution in [0.5, 0.6) is 0 Å². The van der Waals surface area contributed by atoms with E-state index in [4.69, 9.17) is 49.3 Å². The number of benzene rings is 2. The quantitative estimate of drug-likeness (QED) is 0.194. The molecule has 0 bridgehead atoms. The Morgan fingerprint density at radius 3 is 2.45 bits per heavy atom. The zero-order chi connectivity index (χ0) is 26.5.